The molecule has 2 nitrogen and oxygen atoms in total. The van der Waals surface area contributed by atoms with Crippen molar-refractivity contribution in [2.24, 2.45) is 5.92 Å². The molecule has 0 aromatic rings. The van der Waals surface area contributed by atoms with Gasteiger partial charge in [0.25, 0.3) is 0 Å². The van der Waals surface area contributed by atoms with E-state index in [0.29, 0.717) is 0 Å². The summed E-state index contributed by atoms with van der Waals surface area (Å²) in [5, 5.41) is 11.7. The fourth-order valence-corrected chi connectivity index (χ4v) is 4.38. The highest BCUT2D eigenvalue weighted by Gasteiger charge is 2.28. The molecule has 3 heteroatoms. The van der Waals surface area contributed by atoms with E-state index < -0.39 is 20.8 Å². The van der Waals surface area contributed by atoms with Crippen LogP contribution in [0.25, 0.3) is 0 Å². The van der Waals surface area contributed by atoms with Gasteiger partial charge in [0.1, 0.15) is 6.29 Å². The summed E-state index contributed by atoms with van der Waals surface area (Å²) in [6.07, 6.45) is 1.59. The Bertz CT molecular complexity index is 115. The van der Waals surface area contributed by atoms with E-state index in [1.807, 2.05) is 0 Å². The first kappa shape index (κ1) is 9.54. The fraction of sp³-hybridized carbons (Fsp3) is 1.00. The molecule has 1 N–H and O–H groups in total. The predicted octanol–water partition coefficient (Wildman–Crippen LogP) is 1.76. The highest BCUT2D eigenvalue weighted by atomic mass is 27.2. The summed E-state index contributed by atoms with van der Waals surface area (Å²) in [5.41, 5.74) is 0. The standard InChI is InChI=1S/C4H8O2.C4H9.Al/c1-2-3-4(5)6;1-4(2)3;/h4-5H,1-3H2;4H,1H2,2-3H3;/q-1;;+1. The van der Waals surface area contributed by atoms with E-state index in [-0.39, 0.29) is 0 Å². The van der Waals surface area contributed by atoms with Gasteiger partial charge in [-0.2, -0.15) is 0 Å². The van der Waals surface area contributed by atoms with E-state index in [9.17, 15) is 5.11 Å². The summed E-state index contributed by atoms with van der Waals surface area (Å²) in [4.78, 5) is 0. The lowest BCUT2D eigenvalue weighted by Crippen LogP contribution is -2.31. The van der Waals surface area contributed by atoms with E-state index in [0.717, 1.165) is 12.3 Å². The maximum Gasteiger partial charge on any atom is 0.462 e. The summed E-state index contributed by atoms with van der Waals surface area (Å²) in [6.45, 7) is 4.44. The van der Waals surface area contributed by atoms with E-state index >= 15 is 0 Å². The quantitative estimate of drug-likeness (QED) is 0.643. The van der Waals surface area contributed by atoms with Crippen molar-refractivity contribution in [3.63, 3.8) is 0 Å². The molecule has 0 radical (unpaired) electrons. The average Bonchev–Trinajstić information content (AvgIpc) is 1.85. The molecule has 1 aliphatic rings. The Balaban J connectivity index is 2.23. The topological polar surface area (TPSA) is 29.5 Å². The highest BCUT2D eigenvalue weighted by Crippen LogP contribution is 2.20. The van der Waals surface area contributed by atoms with E-state index in [2.05, 4.69) is 13.8 Å². The molecule has 64 valence electrons. The second-order valence-corrected chi connectivity index (χ2v) is 6.34. The van der Waals surface area contributed by atoms with E-state index in [1.54, 1.807) is 0 Å². The number of aliphatic hydroxyl groups is 1. The van der Waals surface area contributed by atoms with Crippen LogP contribution in [0.15, 0.2) is 0 Å². The molecule has 1 fully saturated rings. The van der Waals surface area contributed by atoms with Crippen LogP contribution in [0, 0.1) is 5.92 Å². The van der Waals surface area contributed by atoms with Crippen molar-refractivity contribution < 1.29 is 8.90 Å². The molecular formula is C8H17AlO2. The van der Waals surface area contributed by atoms with Crippen LogP contribution in [0.5, 0.6) is 0 Å². The molecule has 1 unspecified atom stereocenters. The third-order valence-corrected chi connectivity index (χ3v) is 5.28. The molecule has 11 heavy (non-hydrogen) atoms. The maximum atomic E-state index is 9.20. The predicted molar refractivity (Wildman–Crippen MR) is 46.5 cm³/mol. The summed E-state index contributed by atoms with van der Waals surface area (Å²) in [7, 11) is 0. The fourth-order valence-electron chi connectivity index (χ4n) is 1.58. The van der Waals surface area contributed by atoms with Gasteiger partial charge in [-0.3, -0.25) is 0 Å². The zero-order valence-corrected chi connectivity index (χ0v) is 8.57. The molecule has 0 spiro atoms. The Kier molecular flexibility index (Phi) is 3.88. The Morgan fingerprint density at radius 1 is 1.64 bits per heavy atom. The van der Waals surface area contributed by atoms with Crippen LogP contribution < -0.4 is 0 Å². The molecule has 0 amide bonds. The van der Waals surface area contributed by atoms with Crippen molar-refractivity contribution in [1.82, 2.24) is 0 Å². The third kappa shape index (κ3) is 3.58. The normalized spacial score (nSPS) is 26.2. The Labute approximate surface area is 73.3 Å². The van der Waals surface area contributed by atoms with Crippen molar-refractivity contribution >= 4 is 14.5 Å². The van der Waals surface area contributed by atoms with Crippen LogP contribution in [0.1, 0.15) is 26.7 Å². The number of hydrogen-bond acceptors (Lipinski definition) is 2. The third-order valence-electron chi connectivity index (χ3n) is 2.06. The molecular weight excluding hydrogens is 155 g/mol. The minimum absolute atomic E-state index is 0.431. The summed E-state index contributed by atoms with van der Waals surface area (Å²) in [5.74, 6) is 0.733. The number of aliphatic hydroxyl groups excluding tert-OH is 1. The van der Waals surface area contributed by atoms with Crippen LogP contribution in [0.3, 0.4) is 0 Å². The molecule has 1 aliphatic heterocycles. The smallest absolute Gasteiger partial charge is 0.462 e. The SMILES string of the molecule is CC(C)[CH2][Al]1[CH2]CCC(O)[O]1. The van der Waals surface area contributed by atoms with Gasteiger partial charge in [-0.1, -0.05) is 36.8 Å². The first-order chi connectivity index (χ1) is 5.18. The van der Waals surface area contributed by atoms with Crippen LogP contribution in [0.2, 0.25) is 10.6 Å². The first-order valence-corrected chi connectivity index (χ1v) is 6.62. The first-order valence-electron chi connectivity index (χ1n) is 4.52. The van der Waals surface area contributed by atoms with Crippen molar-refractivity contribution in [3.8, 4) is 0 Å². The van der Waals surface area contributed by atoms with E-state index in [4.69, 9.17) is 3.79 Å². The lowest BCUT2D eigenvalue weighted by Gasteiger charge is -2.24. The summed E-state index contributed by atoms with van der Waals surface area (Å²) < 4.78 is 5.49. The largest absolute Gasteiger partial charge is 0.478 e. The molecule has 0 saturated carbocycles. The summed E-state index contributed by atoms with van der Waals surface area (Å²) >= 11 is -0.992. The number of hydrogen-bond donors (Lipinski definition) is 1. The van der Waals surface area contributed by atoms with Gasteiger partial charge in [-0.05, 0) is 6.42 Å². The minimum Gasteiger partial charge on any atom is -0.478 e. The van der Waals surface area contributed by atoms with Gasteiger partial charge in [-0.25, -0.2) is 0 Å². The molecule has 0 aliphatic carbocycles. The van der Waals surface area contributed by atoms with Gasteiger partial charge >= 0.3 is 14.5 Å². The van der Waals surface area contributed by atoms with E-state index in [1.165, 1.54) is 17.0 Å². The molecule has 0 aromatic carbocycles. The highest BCUT2D eigenvalue weighted by molar-refractivity contribution is 6.52. The van der Waals surface area contributed by atoms with Gasteiger partial charge in [0.05, 0.1) is 0 Å². The van der Waals surface area contributed by atoms with Gasteiger partial charge < -0.3 is 8.90 Å². The zero-order valence-electron chi connectivity index (χ0n) is 7.42. The average molecular weight is 172 g/mol. The summed E-state index contributed by atoms with van der Waals surface area (Å²) in [6, 6.07) is 0. The monoisotopic (exact) mass is 172 g/mol. The zero-order chi connectivity index (χ0) is 8.27. The molecule has 1 heterocycles. The molecule has 1 atom stereocenters. The Morgan fingerprint density at radius 2 is 2.36 bits per heavy atom. The molecule has 1 saturated heterocycles. The Hall–Kier alpha value is 0.452. The Morgan fingerprint density at radius 3 is 2.91 bits per heavy atom. The second kappa shape index (κ2) is 4.47. The lowest BCUT2D eigenvalue weighted by molar-refractivity contribution is -0.0364. The van der Waals surface area contributed by atoms with Gasteiger partial charge in [0, 0.05) is 0 Å². The van der Waals surface area contributed by atoms with Crippen molar-refractivity contribution in [3.05, 3.63) is 0 Å². The van der Waals surface area contributed by atoms with Gasteiger partial charge in [-0.15, -0.1) is 0 Å². The maximum absolute atomic E-state index is 9.20. The van der Waals surface area contributed by atoms with Crippen LogP contribution in [0.4, 0.5) is 0 Å². The van der Waals surface area contributed by atoms with Crippen molar-refractivity contribution in [2.75, 3.05) is 0 Å². The van der Waals surface area contributed by atoms with Crippen molar-refractivity contribution in [2.45, 2.75) is 43.5 Å². The van der Waals surface area contributed by atoms with Crippen LogP contribution in [-0.4, -0.2) is 25.9 Å². The van der Waals surface area contributed by atoms with Gasteiger partial charge in [0.2, 0.25) is 0 Å². The van der Waals surface area contributed by atoms with Crippen molar-refractivity contribution in [1.29, 1.82) is 0 Å². The van der Waals surface area contributed by atoms with Crippen LogP contribution in [-0.2, 0) is 3.79 Å². The molecule has 0 aromatic heterocycles. The molecule has 1 rings (SSSR count). The molecule has 0 bridgehead atoms. The van der Waals surface area contributed by atoms with Crippen LogP contribution >= 0.6 is 0 Å². The minimum atomic E-state index is -0.992. The number of rotatable bonds is 2. The second-order valence-electron chi connectivity index (χ2n) is 3.77. The lowest BCUT2D eigenvalue weighted by atomic mass is 10.3. The van der Waals surface area contributed by atoms with Gasteiger partial charge in [0.15, 0.2) is 0 Å².